The highest BCUT2D eigenvalue weighted by atomic mass is 15.2. The summed E-state index contributed by atoms with van der Waals surface area (Å²) >= 11 is 0. The molecule has 0 spiro atoms. The first-order valence-corrected chi connectivity index (χ1v) is 18.0. The van der Waals surface area contributed by atoms with Gasteiger partial charge < -0.3 is 9.47 Å². The van der Waals surface area contributed by atoms with E-state index in [0.717, 1.165) is 68.3 Å². The number of aromatic nitrogens is 1. The second-order valence-corrected chi connectivity index (χ2v) is 14.2. The van der Waals surface area contributed by atoms with Crippen LogP contribution in [0.3, 0.4) is 0 Å². The fraction of sp³-hybridized carbons (Fsp3) is 0.170. The van der Waals surface area contributed by atoms with Gasteiger partial charge in [-0.25, -0.2) is 0 Å². The van der Waals surface area contributed by atoms with Gasteiger partial charge in [-0.2, -0.15) is 15.8 Å². The maximum atomic E-state index is 10.5. The Kier molecular flexibility index (Phi) is 7.61. The first-order valence-electron chi connectivity index (χ1n) is 18.0. The van der Waals surface area contributed by atoms with Gasteiger partial charge in [-0.05, 0) is 77.4 Å². The molecule has 1 aromatic heterocycles. The summed E-state index contributed by atoms with van der Waals surface area (Å²) in [5.41, 5.74) is 11.0. The molecular weight excluding hydrogens is 635 g/mol. The van der Waals surface area contributed by atoms with Crippen molar-refractivity contribution in [2.75, 3.05) is 4.90 Å². The van der Waals surface area contributed by atoms with Gasteiger partial charge in [-0.1, -0.05) is 110 Å². The second-order valence-electron chi connectivity index (χ2n) is 14.2. The fourth-order valence-electron chi connectivity index (χ4n) is 8.96. The maximum absolute atomic E-state index is 10.5. The molecule has 1 aliphatic heterocycles. The van der Waals surface area contributed by atoms with Gasteiger partial charge in [0, 0.05) is 33.5 Å². The Morgan fingerprint density at radius 1 is 0.692 bits per heavy atom. The van der Waals surface area contributed by atoms with Gasteiger partial charge >= 0.3 is 0 Å². The number of anilines is 2. The summed E-state index contributed by atoms with van der Waals surface area (Å²) < 4.78 is 2.32. The number of nitrogens with zero attached hydrogens (tertiary/aromatic N) is 5. The number of nitriles is 3. The van der Waals surface area contributed by atoms with Gasteiger partial charge in [0.25, 0.3) is 0 Å². The van der Waals surface area contributed by atoms with Crippen molar-refractivity contribution in [1.82, 2.24) is 4.57 Å². The smallest absolute Gasteiger partial charge is 0.101 e. The molecule has 2 aliphatic carbocycles. The predicted molar refractivity (Wildman–Crippen MR) is 209 cm³/mol. The van der Waals surface area contributed by atoms with E-state index in [-0.39, 0.29) is 29.8 Å². The van der Waals surface area contributed by atoms with Crippen molar-refractivity contribution in [2.45, 2.75) is 37.8 Å². The highest BCUT2D eigenvalue weighted by Gasteiger charge is 2.41. The molecule has 52 heavy (non-hydrogen) atoms. The zero-order chi connectivity index (χ0) is 35.3. The molecule has 0 N–H and O–H groups in total. The van der Waals surface area contributed by atoms with Crippen LogP contribution >= 0.6 is 0 Å². The van der Waals surface area contributed by atoms with E-state index in [1.807, 2.05) is 24.3 Å². The lowest BCUT2D eigenvalue weighted by Crippen LogP contribution is -2.28. The zero-order valence-electron chi connectivity index (χ0n) is 28.8. The van der Waals surface area contributed by atoms with Crippen LogP contribution in [0.2, 0.25) is 0 Å². The average Bonchev–Trinajstić information content (AvgIpc) is 3.64. The van der Waals surface area contributed by atoms with Gasteiger partial charge in [-0.3, -0.25) is 0 Å². The lowest BCUT2D eigenvalue weighted by molar-refractivity contribution is 0.427. The number of hydrogen-bond acceptors (Lipinski definition) is 4. The molecule has 5 unspecified atom stereocenters. The molecule has 3 aliphatic rings. The third kappa shape index (κ3) is 4.88. The normalized spacial score (nSPS) is 21.8. The van der Waals surface area contributed by atoms with Crippen molar-refractivity contribution in [3.63, 3.8) is 0 Å². The van der Waals surface area contributed by atoms with Crippen LogP contribution in [0.1, 0.15) is 54.0 Å². The summed E-state index contributed by atoms with van der Waals surface area (Å²) in [6.07, 6.45) is 12.8. The third-order valence-electron chi connectivity index (χ3n) is 11.4. The summed E-state index contributed by atoms with van der Waals surface area (Å²) in [6.45, 7) is 2.18. The van der Waals surface area contributed by atoms with Gasteiger partial charge in [0.15, 0.2) is 0 Å². The summed E-state index contributed by atoms with van der Waals surface area (Å²) in [6, 6.07) is 45.1. The largest absolute Gasteiger partial charge is 0.333 e. The highest BCUT2D eigenvalue weighted by Crippen LogP contribution is 2.52. The molecular formula is C47H35N5. The van der Waals surface area contributed by atoms with E-state index in [2.05, 4.69) is 150 Å². The van der Waals surface area contributed by atoms with E-state index in [0.29, 0.717) is 11.1 Å². The Balaban J connectivity index is 1.11. The predicted octanol–water partition coefficient (Wildman–Crippen LogP) is 11.1. The molecule has 5 atom stereocenters. The Bertz CT molecular complexity index is 2630. The van der Waals surface area contributed by atoms with Crippen LogP contribution in [0.25, 0.3) is 38.5 Å². The molecule has 0 fully saturated rings. The van der Waals surface area contributed by atoms with E-state index in [9.17, 15) is 15.8 Å². The molecule has 0 saturated carbocycles. The number of rotatable bonds is 4. The molecule has 0 bridgehead atoms. The monoisotopic (exact) mass is 669 g/mol. The van der Waals surface area contributed by atoms with Crippen molar-refractivity contribution in [2.24, 2.45) is 11.8 Å². The van der Waals surface area contributed by atoms with Crippen LogP contribution in [0.15, 0.2) is 140 Å². The summed E-state index contributed by atoms with van der Waals surface area (Å²) in [7, 11) is 0. The average molecular weight is 670 g/mol. The first-order chi connectivity index (χ1) is 25.6. The summed E-state index contributed by atoms with van der Waals surface area (Å²) in [5, 5.41) is 32.7. The topological polar surface area (TPSA) is 79.5 Å². The first kappa shape index (κ1) is 31.4. The molecule has 5 nitrogen and oxygen atoms in total. The van der Waals surface area contributed by atoms with E-state index in [1.165, 1.54) is 5.56 Å². The quantitative estimate of drug-likeness (QED) is 0.175. The Hall–Kier alpha value is -6.61. The Morgan fingerprint density at radius 3 is 2.25 bits per heavy atom. The minimum atomic E-state index is -0.124. The third-order valence-corrected chi connectivity index (χ3v) is 11.4. The van der Waals surface area contributed by atoms with Gasteiger partial charge in [0.2, 0.25) is 0 Å². The van der Waals surface area contributed by atoms with Crippen molar-refractivity contribution in [1.29, 1.82) is 15.8 Å². The van der Waals surface area contributed by atoms with E-state index >= 15 is 0 Å². The maximum Gasteiger partial charge on any atom is 0.101 e. The van der Waals surface area contributed by atoms with Crippen LogP contribution in [-0.4, -0.2) is 10.6 Å². The van der Waals surface area contributed by atoms with Gasteiger partial charge in [0.05, 0.1) is 52.5 Å². The molecule has 0 radical (unpaired) electrons. The SMILES string of the molecule is CC1CC2c3ccccc3N(c3cccc(C#N)c3-c3cccc(C4=CCC(n5c6ccccc6c6cccc(C#N)c65)C=C4)c3)C2C=CC1C#N. The molecule has 0 amide bonds. The minimum absolute atomic E-state index is 0.0393. The Morgan fingerprint density at radius 2 is 1.42 bits per heavy atom. The second kappa shape index (κ2) is 12.6. The number of allylic oxidation sites excluding steroid dienone is 5. The zero-order valence-corrected chi connectivity index (χ0v) is 28.8. The number of fused-ring (bicyclic) bond motifs is 6. The van der Waals surface area contributed by atoms with Crippen LogP contribution in [0, 0.1) is 45.8 Å². The van der Waals surface area contributed by atoms with Crippen LogP contribution in [0.4, 0.5) is 11.4 Å². The van der Waals surface area contributed by atoms with Crippen LogP contribution < -0.4 is 4.90 Å². The highest BCUT2D eigenvalue weighted by molar-refractivity contribution is 6.10. The molecule has 5 aromatic carbocycles. The fourth-order valence-corrected chi connectivity index (χ4v) is 8.96. The van der Waals surface area contributed by atoms with E-state index < -0.39 is 0 Å². The molecule has 0 saturated heterocycles. The number of benzene rings is 5. The van der Waals surface area contributed by atoms with Crippen molar-refractivity contribution < 1.29 is 0 Å². The van der Waals surface area contributed by atoms with Crippen molar-refractivity contribution >= 4 is 38.8 Å². The number of para-hydroxylation sites is 3. The number of hydrogen-bond donors (Lipinski definition) is 0. The minimum Gasteiger partial charge on any atom is -0.333 e. The van der Waals surface area contributed by atoms with Crippen LogP contribution in [-0.2, 0) is 0 Å². The summed E-state index contributed by atoms with van der Waals surface area (Å²) in [4.78, 5) is 2.40. The molecule has 9 rings (SSSR count). The van der Waals surface area contributed by atoms with Crippen molar-refractivity contribution in [3.8, 4) is 29.3 Å². The standard InChI is InChI=1S/C47H35N5/c1-30-25-41-39-14-3-5-17-43(39)52(44(41)24-21-34(30)27-48)45-18-8-11-35(28-49)46(45)33-10-6-9-32(26-33)31-19-22-37(23-20-31)51-42-16-4-2-13-38(42)40-15-7-12-36(29-50)47(40)51/h2-22,24,26,30,34,37,41,44H,23,25H2,1H3. The van der Waals surface area contributed by atoms with Crippen molar-refractivity contribution in [3.05, 3.63) is 162 Å². The van der Waals surface area contributed by atoms with Crippen LogP contribution in [0.5, 0.6) is 0 Å². The Labute approximate surface area is 303 Å². The lowest BCUT2D eigenvalue weighted by atomic mass is 9.84. The summed E-state index contributed by atoms with van der Waals surface area (Å²) in [5.74, 6) is 0.363. The molecule has 248 valence electrons. The molecule has 5 heteroatoms. The molecule has 6 aromatic rings. The van der Waals surface area contributed by atoms with E-state index in [1.54, 1.807) is 0 Å². The van der Waals surface area contributed by atoms with Gasteiger partial charge in [0.1, 0.15) is 6.07 Å². The molecule has 2 heterocycles. The van der Waals surface area contributed by atoms with E-state index in [4.69, 9.17) is 0 Å². The van der Waals surface area contributed by atoms with Gasteiger partial charge in [-0.15, -0.1) is 0 Å². The lowest BCUT2D eigenvalue weighted by Gasteiger charge is -2.30.